The van der Waals surface area contributed by atoms with Gasteiger partial charge in [-0.3, -0.25) is 14.4 Å². The SMILES string of the molecule is O=C(NCc1nn(C2CCCC2)c(=O)c2ccccc12)c1ccc(=O)[nH]n1. The number of carbonyl (C=O) groups excluding carboxylic acids is 1. The van der Waals surface area contributed by atoms with E-state index in [0.29, 0.717) is 11.1 Å². The molecule has 1 fully saturated rings. The molecule has 0 saturated heterocycles. The number of rotatable bonds is 4. The van der Waals surface area contributed by atoms with Crippen molar-refractivity contribution in [3.05, 3.63) is 68.5 Å². The number of hydrogen-bond acceptors (Lipinski definition) is 5. The number of aromatic nitrogens is 4. The van der Waals surface area contributed by atoms with Crippen LogP contribution in [0.25, 0.3) is 10.8 Å². The largest absolute Gasteiger partial charge is 0.345 e. The lowest BCUT2D eigenvalue weighted by Gasteiger charge is -2.16. The zero-order chi connectivity index (χ0) is 18.8. The minimum Gasteiger partial charge on any atom is -0.345 e. The summed E-state index contributed by atoms with van der Waals surface area (Å²) >= 11 is 0. The third-order valence-electron chi connectivity index (χ3n) is 4.90. The Labute approximate surface area is 154 Å². The van der Waals surface area contributed by atoms with Crippen molar-refractivity contribution in [2.45, 2.75) is 38.3 Å². The number of nitrogens with zero attached hydrogens (tertiary/aromatic N) is 3. The molecule has 0 atom stereocenters. The molecule has 2 aromatic heterocycles. The van der Waals surface area contributed by atoms with Crippen molar-refractivity contribution in [1.82, 2.24) is 25.3 Å². The fourth-order valence-electron chi connectivity index (χ4n) is 3.53. The van der Waals surface area contributed by atoms with E-state index < -0.39 is 5.91 Å². The van der Waals surface area contributed by atoms with Crippen LogP contribution < -0.4 is 16.4 Å². The first kappa shape index (κ1) is 17.1. The summed E-state index contributed by atoms with van der Waals surface area (Å²) in [7, 11) is 0. The lowest BCUT2D eigenvalue weighted by molar-refractivity contribution is 0.0944. The van der Waals surface area contributed by atoms with Crippen LogP contribution in [0.2, 0.25) is 0 Å². The van der Waals surface area contributed by atoms with Crippen LogP contribution in [0.3, 0.4) is 0 Å². The molecule has 27 heavy (non-hydrogen) atoms. The van der Waals surface area contributed by atoms with E-state index in [9.17, 15) is 14.4 Å². The maximum atomic E-state index is 12.8. The highest BCUT2D eigenvalue weighted by molar-refractivity contribution is 5.92. The topological polar surface area (TPSA) is 110 Å². The molecular formula is C19H19N5O3. The summed E-state index contributed by atoms with van der Waals surface area (Å²) in [5, 5.41) is 14.6. The molecule has 0 aliphatic heterocycles. The van der Waals surface area contributed by atoms with E-state index in [-0.39, 0.29) is 29.4 Å². The summed E-state index contributed by atoms with van der Waals surface area (Å²) in [5.41, 5.74) is 0.288. The average molecular weight is 365 g/mol. The van der Waals surface area contributed by atoms with Crippen molar-refractivity contribution in [1.29, 1.82) is 0 Å². The quantitative estimate of drug-likeness (QED) is 0.728. The van der Waals surface area contributed by atoms with E-state index in [2.05, 4.69) is 20.6 Å². The van der Waals surface area contributed by atoms with E-state index in [4.69, 9.17) is 0 Å². The van der Waals surface area contributed by atoms with Gasteiger partial charge in [-0.2, -0.15) is 10.2 Å². The second kappa shape index (κ2) is 7.14. The Hall–Kier alpha value is -3.29. The number of carbonyl (C=O) groups is 1. The normalized spacial score (nSPS) is 14.5. The van der Waals surface area contributed by atoms with Gasteiger partial charge in [-0.1, -0.05) is 31.0 Å². The number of benzene rings is 1. The Morgan fingerprint density at radius 1 is 1.11 bits per heavy atom. The van der Waals surface area contributed by atoms with Crippen molar-refractivity contribution in [2.75, 3.05) is 0 Å². The molecule has 0 unspecified atom stereocenters. The Balaban J connectivity index is 1.67. The predicted molar refractivity (Wildman–Crippen MR) is 99.5 cm³/mol. The Morgan fingerprint density at radius 2 is 1.85 bits per heavy atom. The zero-order valence-corrected chi connectivity index (χ0v) is 14.6. The molecule has 1 aliphatic rings. The van der Waals surface area contributed by atoms with Crippen LogP contribution in [-0.2, 0) is 6.54 Å². The van der Waals surface area contributed by atoms with Crippen LogP contribution in [0, 0.1) is 0 Å². The monoisotopic (exact) mass is 365 g/mol. The van der Waals surface area contributed by atoms with Crippen LogP contribution in [0.5, 0.6) is 0 Å². The van der Waals surface area contributed by atoms with E-state index in [0.717, 1.165) is 31.1 Å². The molecule has 3 aromatic rings. The summed E-state index contributed by atoms with van der Waals surface area (Å²) in [4.78, 5) is 36.2. The molecule has 8 heteroatoms. The number of hydrogen-bond donors (Lipinski definition) is 2. The Morgan fingerprint density at radius 3 is 2.56 bits per heavy atom. The average Bonchev–Trinajstić information content (AvgIpc) is 3.22. The lowest BCUT2D eigenvalue weighted by atomic mass is 10.1. The molecule has 1 amide bonds. The molecule has 1 aliphatic carbocycles. The predicted octanol–water partition coefficient (Wildman–Crippen LogP) is 1.52. The van der Waals surface area contributed by atoms with Crippen LogP contribution in [0.1, 0.15) is 47.9 Å². The van der Waals surface area contributed by atoms with Gasteiger partial charge in [0, 0.05) is 11.5 Å². The third kappa shape index (κ3) is 3.38. The van der Waals surface area contributed by atoms with Crippen LogP contribution >= 0.6 is 0 Å². The molecule has 4 rings (SSSR count). The van der Waals surface area contributed by atoms with Gasteiger partial charge in [0.05, 0.1) is 23.7 Å². The summed E-state index contributed by atoms with van der Waals surface area (Å²) < 4.78 is 1.58. The van der Waals surface area contributed by atoms with Crippen molar-refractivity contribution in [3.8, 4) is 0 Å². The Bertz CT molecular complexity index is 1090. The van der Waals surface area contributed by atoms with Crippen LogP contribution in [0.15, 0.2) is 46.0 Å². The molecular weight excluding hydrogens is 346 g/mol. The zero-order valence-electron chi connectivity index (χ0n) is 14.6. The standard InChI is InChI=1S/C19H19N5O3/c25-17-10-9-15(21-22-17)18(26)20-11-16-13-7-3-4-8-14(13)19(27)24(23-16)12-5-1-2-6-12/h3-4,7-10,12H,1-2,5-6,11H2,(H,20,26)(H,22,25). The van der Waals surface area contributed by atoms with E-state index in [1.54, 1.807) is 10.7 Å². The summed E-state index contributed by atoms with van der Waals surface area (Å²) in [6.07, 6.45) is 4.07. The maximum Gasteiger partial charge on any atom is 0.274 e. The van der Waals surface area contributed by atoms with E-state index >= 15 is 0 Å². The molecule has 138 valence electrons. The van der Waals surface area contributed by atoms with Crippen molar-refractivity contribution in [2.24, 2.45) is 0 Å². The van der Waals surface area contributed by atoms with Crippen molar-refractivity contribution >= 4 is 16.7 Å². The molecule has 1 aromatic carbocycles. The summed E-state index contributed by atoms with van der Waals surface area (Å²) in [5.74, 6) is -0.421. The van der Waals surface area contributed by atoms with Crippen LogP contribution in [0.4, 0.5) is 0 Å². The number of nitrogens with one attached hydrogen (secondary N) is 2. The number of amides is 1. The van der Waals surface area contributed by atoms with Gasteiger partial charge < -0.3 is 5.32 Å². The smallest absolute Gasteiger partial charge is 0.274 e. The first-order valence-electron chi connectivity index (χ1n) is 8.98. The highest BCUT2D eigenvalue weighted by Crippen LogP contribution is 2.28. The minimum atomic E-state index is -0.421. The molecule has 1 saturated carbocycles. The molecule has 0 bridgehead atoms. The van der Waals surface area contributed by atoms with Crippen LogP contribution in [-0.4, -0.2) is 25.9 Å². The van der Waals surface area contributed by atoms with Gasteiger partial charge in [0.15, 0.2) is 0 Å². The van der Waals surface area contributed by atoms with Gasteiger partial charge in [-0.05, 0) is 25.0 Å². The highest BCUT2D eigenvalue weighted by atomic mass is 16.2. The van der Waals surface area contributed by atoms with Crippen molar-refractivity contribution < 1.29 is 4.79 Å². The lowest BCUT2D eigenvalue weighted by Crippen LogP contribution is -2.30. The molecule has 0 spiro atoms. The Kier molecular flexibility index (Phi) is 4.53. The van der Waals surface area contributed by atoms with Gasteiger partial charge in [0.1, 0.15) is 5.69 Å². The molecule has 8 nitrogen and oxygen atoms in total. The second-order valence-electron chi connectivity index (χ2n) is 6.67. The van der Waals surface area contributed by atoms with Gasteiger partial charge in [0.25, 0.3) is 17.0 Å². The van der Waals surface area contributed by atoms with Gasteiger partial charge in [-0.25, -0.2) is 9.78 Å². The van der Waals surface area contributed by atoms with E-state index in [1.807, 2.05) is 18.2 Å². The first-order valence-corrected chi connectivity index (χ1v) is 8.98. The van der Waals surface area contributed by atoms with E-state index in [1.165, 1.54) is 12.1 Å². The minimum absolute atomic E-state index is 0.0881. The fourth-order valence-corrected chi connectivity index (χ4v) is 3.53. The first-order chi connectivity index (χ1) is 13.1. The number of aromatic amines is 1. The molecule has 0 radical (unpaired) electrons. The summed E-state index contributed by atoms with van der Waals surface area (Å²) in [6, 6.07) is 10.0. The van der Waals surface area contributed by atoms with Gasteiger partial charge in [0.2, 0.25) is 0 Å². The van der Waals surface area contributed by atoms with Crippen molar-refractivity contribution in [3.63, 3.8) is 0 Å². The number of H-pyrrole nitrogens is 1. The number of fused-ring (bicyclic) bond motifs is 1. The maximum absolute atomic E-state index is 12.8. The third-order valence-corrected chi connectivity index (χ3v) is 4.90. The highest BCUT2D eigenvalue weighted by Gasteiger charge is 2.21. The molecule has 2 heterocycles. The molecule has 2 N–H and O–H groups in total. The van der Waals surface area contributed by atoms with Gasteiger partial charge >= 0.3 is 0 Å². The summed E-state index contributed by atoms with van der Waals surface area (Å²) in [6.45, 7) is 0.160. The van der Waals surface area contributed by atoms with Gasteiger partial charge in [-0.15, -0.1) is 0 Å². The fraction of sp³-hybridized carbons (Fsp3) is 0.316. The second-order valence-corrected chi connectivity index (χ2v) is 6.67.